The van der Waals surface area contributed by atoms with Crippen molar-refractivity contribution in [2.75, 3.05) is 37.5 Å². The number of hydrogen-bond acceptors (Lipinski definition) is 4. The second-order valence-corrected chi connectivity index (χ2v) is 7.06. The standard InChI is InChI=1S/C20H22F3N3O/c1-26-17-7-8-24-11-14(17)13-9-12(10-15(19(13)26)20(21,22)23)25-16-5-3-4-6-18(16)27-2/h3-6,9-10,14,17,24-25H,7-8,11H2,1-2H3/t14-,17?/m0/s1. The van der Waals surface area contributed by atoms with Crippen molar-refractivity contribution in [3.8, 4) is 5.75 Å². The predicted molar refractivity (Wildman–Crippen MR) is 100 cm³/mol. The molecule has 144 valence electrons. The van der Waals surface area contributed by atoms with Gasteiger partial charge in [-0.25, -0.2) is 0 Å². The fraction of sp³-hybridized carbons (Fsp3) is 0.400. The Kier molecular flexibility index (Phi) is 4.42. The maximum absolute atomic E-state index is 13.9. The van der Waals surface area contributed by atoms with Gasteiger partial charge in [-0.05, 0) is 42.8 Å². The number of halogens is 3. The first kappa shape index (κ1) is 18.0. The van der Waals surface area contributed by atoms with Crippen LogP contribution in [0.15, 0.2) is 36.4 Å². The van der Waals surface area contributed by atoms with Crippen molar-refractivity contribution in [2.24, 2.45) is 0 Å². The molecule has 2 aromatic rings. The lowest BCUT2D eigenvalue weighted by molar-refractivity contribution is -0.137. The second-order valence-electron chi connectivity index (χ2n) is 7.06. The van der Waals surface area contributed by atoms with Crippen LogP contribution in [0.25, 0.3) is 0 Å². The van der Waals surface area contributed by atoms with Gasteiger partial charge in [-0.1, -0.05) is 12.1 Å². The molecule has 2 heterocycles. The number of nitrogens with zero attached hydrogens (tertiary/aromatic N) is 1. The third-order valence-corrected chi connectivity index (χ3v) is 5.53. The normalized spacial score (nSPS) is 21.6. The number of benzene rings is 2. The zero-order valence-electron chi connectivity index (χ0n) is 15.2. The summed E-state index contributed by atoms with van der Waals surface area (Å²) in [5, 5.41) is 6.43. The Bertz CT molecular complexity index is 853. The minimum Gasteiger partial charge on any atom is -0.495 e. The SMILES string of the molecule is COc1ccccc1Nc1cc2c(c(C(F)(F)F)c1)N(C)C1CCNC[C@@H]21. The summed E-state index contributed by atoms with van der Waals surface area (Å²) in [6.45, 7) is 1.52. The summed E-state index contributed by atoms with van der Waals surface area (Å²) in [7, 11) is 3.31. The molecule has 2 aliphatic rings. The number of nitrogens with one attached hydrogen (secondary N) is 2. The van der Waals surface area contributed by atoms with Gasteiger partial charge in [0.1, 0.15) is 5.75 Å². The maximum atomic E-state index is 13.9. The highest BCUT2D eigenvalue weighted by Crippen LogP contribution is 2.50. The number of anilines is 3. The minimum absolute atomic E-state index is 0.0549. The van der Waals surface area contributed by atoms with E-state index in [9.17, 15) is 13.2 Å². The van der Waals surface area contributed by atoms with Gasteiger partial charge >= 0.3 is 6.18 Å². The molecule has 2 N–H and O–H groups in total. The number of hydrogen-bond donors (Lipinski definition) is 2. The Morgan fingerprint density at radius 1 is 1.22 bits per heavy atom. The van der Waals surface area contributed by atoms with Gasteiger partial charge in [-0.15, -0.1) is 0 Å². The molecule has 0 saturated carbocycles. The molecule has 1 saturated heterocycles. The summed E-state index contributed by atoms with van der Waals surface area (Å²) in [5.41, 5.74) is 1.53. The number of methoxy groups -OCH3 is 1. The Morgan fingerprint density at radius 3 is 2.74 bits per heavy atom. The average molecular weight is 377 g/mol. The molecule has 1 unspecified atom stereocenters. The molecule has 0 bridgehead atoms. The molecule has 2 aliphatic heterocycles. The van der Waals surface area contributed by atoms with Crippen molar-refractivity contribution >= 4 is 17.1 Å². The summed E-state index contributed by atoms with van der Waals surface area (Å²) < 4.78 is 46.9. The molecule has 0 aromatic heterocycles. The third kappa shape index (κ3) is 3.10. The van der Waals surface area contributed by atoms with Gasteiger partial charge in [0.15, 0.2) is 0 Å². The molecule has 2 atom stereocenters. The minimum atomic E-state index is -4.42. The molecule has 1 fully saturated rings. The lowest BCUT2D eigenvalue weighted by Crippen LogP contribution is -2.42. The fourth-order valence-electron chi connectivity index (χ4n) is 4.32. The van der Waals surface area contributed by atoms with Crippen LogP contribution >= 0.6 is 0 Å². The number of para-hydroxylation sites is 2. The molecule has 2 aromatic carbocycles. The molecule has 4 nitrogen and oxygen atoms in total. The van der Waals surface area contributed by atoms with Gasteiger partial charge in [0.2, 0.25) is 0 Å². The summed E-state index contributed by atoms with van der Waals surface area (Å²) >= 11 is 0. The van der Waals surface area contributed by atoms with Crippen molar-refractivity contribution < 1.29 is 17.9 Å². The number of piperidine rings is 1. The number of ether oxygens (including phenoxy) is 1. The second kappa shape index (κ2) is 6.64. The van der Waals surface area contributed by atoms with Gasteiger partial charge in [0.05, 0.1) is 24.0 Å². The van der Waals surface area contributed by atoms with Crippen molar-refractivity contribution in [1.82, 2.24) is 5.32 Å². The van der Waals surface area contributed by atoms with E-state index in [0.717, 1.165) is 18.5 Å². The maximum Gasteiger partial charge on any atom is 0.418 e. The van der Waals surface area contributed by atoms with E-state index in [1.54, 1.807) is 19.2 Å². The largest absolute Gasteiger partial charge is 0.495 e. The fourth-order valence-corrected chi connectivity index (χ4v) is 4.32. The van der Waals surface area contributed by atoms with E-state index in [1.165, 1.54) is 13.2 Å². The van der Waals surface area contributed by atoms with Crippen LogP contribution in [-0.2, 0) is 6.18 Å². The molecule has 7 heteroatoms. The highest BCUT2D eigenvalue weighted by molar-refractivity contribution is 5.75. The Labute approximate surface area is 156 Å². The third-order valence-electron chi connectivity index (χ3n) is 5.53. The smallest absolute Gasteiger partial charge is 0.418 e. The van der Waals surface area contributed by atoms with Crippen LogP contribution in [0.1, 0.15) is 23.5 Å². The Balaban J connectivity index is 1.81. The van der Waals surface area contributed by atoms with Crippen LogP contribution in [0.3, 0.4) is 0 Å². The van der Waals surface area contributed by atoms with Gasteiger partial charge in [-0.3, -0.25) is 0 Å². The Morgan fingerprint density at radius 2 is 2.00 bits per heavy atom. The van der Waals surface area contributed by atoms with Crippen LogP contribution < -0.4 is 20.3 Å². The van der Waals surface area contributed by atoms with E-state index in [1.807, 2.05) is 23.1 Å². The average Bonchev–Trinajstić information content (AvgIpc) is 2.94. The van der Waals surface area contributed by atoms with E-state index in [2.05, 4.69) is 10.6 Å². The summed E-state index contributed by atoms with van der Waals surface area (Å²) in [5.74, 6) is 0.639. The summed E-state index contributed by atoms with van der Waals surface area (Å²) in [4.78, 5) is 1.82. The quantitative estimate of drug-likeness (QED) is 0.834. The number of fused-ring (bicyclic) bond motifs is 3. The van der Waals surface area contributed by atoms with Crippen molar-refractivity contribution in [3.63, 3.8) is 0 Å². The highest BCUT2D eigenvalue weighted by Gasteiger charge is 2.45. The van der Waals surface area contributed by atoms with Crippen molar-refractivity contribution in [3.05, 3.63) is 47.5 Å². The molecule has 4 rings (SSSR count). The van der Waals surface area contributed by atoms with Gasteiger partial charge in [0, 0.05) is 31.2 Å². The van der Waals surface area contributed by atoms with Crippen LogP contribution in [-0.4, -0.2) is 33.3 Å². The van der Waals surface area contributed by atoms with Crippen LogP contribution in [0.2, 0.25) is 0 Å². The first-order chi connectivity index (χ1) is 12.9. The van der Waals surface area contributed by atoms with E-state index >= 15 is 0 Å². The Hall–Kier alpha value is -2.41. The molecular weight excluding hydrogens is 355 g/mol. The highest BCUT2D eigenvalue weighted by atomic mass is 19.4. The van der Waals surface area contributed by atoms with Crippen LogP contribution in [0.5, 0.6) is 5.75 Å². The molecule has 27 heavy (non-hydrogen) atoms. The monoisotopic (exact) mass is 377 g/mol. The predicted octanol–water partition coefficient (Wildman–Crippen LogP) is 4.35. The zero-order valence-corrected chi connectivity index (χ0v) is 15.2. The van der Waals surface area contributed by atoms with E-state index in [4.69, 9.17) is 4.74 Å². The van der Waals surface area contributed by atoms with E-state index in [0.29, 0.717) is 29.4 Å². The molecule has 0 aliphatic carbocycles. The zero-order chi connectivity index (χ0) is 19.2. The lowest BCUT2D eigenvalue weighted by Gasteiger charge is -2.31. The number of alkyl halides is 3. The number of rotatable bonds is 3. The van der Waals surface area contributed by atoms with Gasteiger partial charge in [-0.2, -0.15) is 13.2 Å². The van der Waals surface area contributed by atoms with Crippen LogP contribution in [0, 0.1) is 0 Å². The van der Waals surface area contributed by atoms with Crippen LogP contribution in [0.4, 0.5) is 30.2 Å². The molecule has 0 radical (unpaired) electrons. The first-order valence-corrected chi connectivity index (χ1v) is 8.99. The summed E-state index contributed by atoms with van der Waals surface area (Å²) in [6.07, 6.45) is -3.58. The van der Waals surface area contributed by atoms with Gasteiger partial charge in [0.25, 0.3) is 0 Å². The van der Waals surface area contributed by atoms with Crippen molar-refractivity contribution in [2.45, 2.75) is 24.6 Å². The van der Waals surface area contributed by atoms with Gasteiger partial charge < -0.3 is 20.3 Å². The van der Waals surface area contributed by atoms with Crippen molar-refractivity contribution in [1.29, 1.82) is 0 Å². The topological polar surface area (TPSA) is 36.5 Å². The summed E-state index contributed by atoms with van der Waals surface area (Å²) in [6, 6.07) is 10.4. The molecular formula is C20H22F3N3O. The molecule has 0 spiro atoms. The van der Waals surface area contributed by atoms with E-state index in [-0.39, 0.29) is 12.0 Å². The first-order valence-electron chi connectivity index (χ1n) is 8.99. The lowest BCUT2D eigenvalue weighted by atomic mass is 9.89. The molecule has 0 amide bonds. The van der Waals surface area contributed by atoms with E-state index < -0.39 is 11.7 Å². The number of likely N-dealkylation sites (N-methyl/N-ethyl adjacent to an activating group) is 1.